The van der Waals surface area contributed by atoms with Gasteiger partial charge in [-0.2, -0.15) is 0 Å². The zero-order valence-corrected chi connectivity index (χ0v) is 12.6. The lowest BCUT2D eigenvalue weighted by Gasteiger charge is -2.28. The molecule has 0 spiro atoms. The van der Waals surface area contributed by atoms with Crippen molar-refractivity contribution >= 4 is 5.91 Å². The largest absolute Gasteiger partial charge is 0.496 e. The molecule has 0 saturated carbocycles. The van der Waals surface area contributed by atoms with Crippen LogP contribution in [0.2, 0.25) is 0 Å². The van der Waals surface area contributed by atoms with Crippen molar-refractivity contribution in [1.82, 2.24) is 10.2 Å². The van der Waals surface area contributed by atoms with Crippen molar-refractivity contribution < 1.29 is 9.53 Å². The van der Waals surface area contributed by atoms with Crippen molar-refractivity contribution in [2.45, 2.75) is 19.8 Å². The summed E-state index contributed by atoms with van der Waals surface area (Å²) in [5, 5.41) is 3.35. The minimum absolute atomic E-state index is 0.0454. The minimum Gasteiger partial charge on any atom is -0.496 e. The molecule has 1 fully saturated rings. The number of ether oxygens (including phenoxy) is 1. The quantitative estimate of drug-likeness (QED) is 0.915. The molecule has 20 heavy (non-hydrogen) atoms. The normalized spacial score (nSPS) is 15.9. The lowest BCUT2D eigenvalue weighted by atomic mass is 9.97. The number of methoxy groups -OCH3 is 1. The molecular formula is C16H24N2O2. The smallest absolute Gasteiger partial charge is 0.257 e. The van der Waals surface area contributed by atoms with E-state index in [2.05, 4.69) is 5.32 Å². The van der Waals surface area contributed by atoms with Gasteiger partial charge in [0.25, 0.3) is 5.91 Å². The average molecular weight is 276 g/mol. The number of aryl methyl sites for hydroxylation is 1. The van der Waals surface area contributed by atoms with Crippen molar-refractivity contribution in [3.05, 3.63) is 29.3 Å². The molecule has 1 aromatic rings. The third kappa shape index (κ3) is 3.51. The number of rotatable bonds is 4. The van der Waals surface area contributed by atoms with Crippen LogP contribution < -0.4 is 10.1 Å². The lowest BCUT2D eigenvalue weighted by Crippen LogP contribution is -2.37. The third-order valence-electron chi connectivity index (χ3n) is 3.92. The van der Waals surface area contributed by atoms with Crippen LogP contribution in [-0.2, 0) is 0 Å². The van der Waals surface area contributed by atoms with Crippen molar-refractivity contribution in [3.63, 3.8) is 0 Å². The molecule has 1 heterocycles. The first-order valence-corrected chi connectivity index (χ1v) is 7.22. The van der Waals surface area contributed by atoms with E-state index in [9.17, 15) is 4.79 Å². The number of carbonyl (C=O) groups is 1. The molecule has 1 aliphatic heterocycles. The predicted octanol–water partition coefficient (Wildman–Crippen LogP) is 2.08. The van der Waals surface area contributed by atoms with Gasteiger partial charge in [0.05, 0.1) is 12.7 Å². The topological polar surface area (TPSA) is 41.6 Å². The van der Waals surface area contributed by atoms with Crippen molar-refractivity contribution in [3.8, 4) is 5.75 Å². The average Bonchev–Trinajstić information content (AvgIpc) is 2.47. The van der Waals surface area contributed by atoms with Crippen LogP contribution >= 0.6 is 0 Å². The molecule has 4 nitrogen and oxygen atoms in total. The molecule has 0 aromatic heterocycles. The second-order valence-electron chi connectivity index (χ2n) is 5.58. The standard InChI is InChI=1S/C16H24N2O2/c1-12-4-5-15(20-3)14(10-12)16(19)18(2)11-13-6-8-17-9-7-13/h4-5,10,13,17H,6-9,11H2,1-3H3. The van der Waals surface area contributed by atoms with Gasteiger partial charge in [0.1, 0.15) is 5.75 Å². The predicted molar refractivity (Wildman–Crippen MR) is 80.3 cm³/mol. The molecule has 1 saturated heterocycles. The number of carbonyl (C=O) groups excluding carboxylic acids is 1. The van der Waals surface area contributed by atoms with E-state index in [1.807, 2.05) is 37.1 Å². The van der Waals surface area contributed by atoms with Gasteiger partial charge in [0.2, 0.25) is 0 Å². The highest BCUT2D eigenvalue weighted by molar-refractivity contribution is 5.97. The summed E-state index contributed by atoms with van der Waals surface area (Å²) in [4.78, 5) is 14.4. The Morgan fingerprint density at radius 2 is 2.10 bits per heavy atom. The molecular weight excluding hydrogens is 252 g/mol. The summed E-state index contributed by atoms with van der Waals surface area (Å²) in [5.41, 5.74) is 1.73. The van der Waals surface area contributed by atoms with Crippen LogP contribution in [0.1, 0.15) is 28.8 Å². The highest BCUT2D eigenvalue weighted by atomic mass is 16.5. The summed E-state index contributed by atoms with van der Waals surface area (Å²) >= 11 is 0. The highest BCUT2D eigenvalue weighted by Crippen LogP contribution is 2.22. The third-order valence-corrected chi connectivity index (χ3v) is 3.92. The number of benzene rings is 1. The van der Waals surface area contributed by atoms with Crippen molar-refractivity contribution in [2.75, 3.05) is 33.8 Å². The number of hydrogen-bond acceptors (Lipinski definition) is 3. The fourth-order valence-electron chi connectivity index (χ4n) is 2.73. The zero-order valence-electron chi connectivity index (χ0n) is 12.6. The first-order chi connectivity index (χ1) is 9.61. The Kier molecular flexibility index (Phi) is 5.01. The van der Waals surface area contributed by atoms with E-state index in [4.69, 9.17) is 4.74 Å². The first-order valence-electron chi connectivity index (χ1n) is 7.22. The molecule has 0 atom stereocenters. The van der Waals surface area contributed by atoms with Gasteiger partial charge in [0, 0.05) is 13.6 Å². The maximum atomic E-state index is 12.6. The summed E-state index contributed by atoms with van der Waals surface area (Å²) in [7, 11) is 3.49. The van der Waals surface area contributed by atoms with Crippen LogP contribution in [0, 0.1) is 12.8 Å². The Bertz CT molecular complexity index is 468. The molecule has 0 radical (unpaired) electrons. The molecule has 1 aromatic carbocycles. The van der Waals surface area contributed by atoms with Gasteiger partial charge >= 0.3 is 0 Å². The first kappa shape index (κ1) is 14.9. The maximum Gasteiger partial charge on any atom is 0.257 e. The van der Waals surface area contributed by atoms with Gasteiger partial charge in [-0.3, -0.25) is 4.79 Å². The van der Waals surface area contributed by atoms with Gasteiger partial charge in [-0.1, -0.05) is 11.6 Å². The summed E-state index contributed by atoms with van der Waals surface area (Å²) < 4.78 is 5.30. The van der Waals surface area contributed by atoms with E-state index in [0.717, 1.165) is 38.0 Å². The van der Waals surface area contributed by atoms with Crippen molar-refractivity contribution in [1.29, 1.82) is 0 Å². The van der Waals surface area contributed by atoms with Gasteiger partial charge in [0.15, 0.2) is 0 Å². The molecule has 110 valence electrons. The van der Waals surface area contributed by atoms with Gasteiger partial charge < -0.3 is 15.0 Å². The van der Waals surface area contributed by atoms with E-state index >= 15 is 0 Å². The van der Waals surface area contributed by atoms with E-state index in [1.165, 1.54) is 0 Å². The minimum atomic E-state index is 0.0454. The summed E-state index contributed by atoms with van der Waals surface area (Å²) in [6.45, 7) is 4.92. The van der Waals surface area contributed by atoms with Crippen LogP contribution in [-0.4, -0.2) is 44.6 Å². The number of nitrogens with one attached hydrogen (secondary N) is 1. The molecule has 1 amide bonds. The number of amides is 1. The van der Waals surface area contributed by atoms with Crippen LogP contribution in [0.3, 0.4) is 0 Å². The van der Waals surface area contributed by atoms with Crippen LogP contribution in [0.15, 0.2) is 18.2 Å². The maximum absolute atomic E-state index is 12.6. The summed E-state index contributed by atoms with van der Waals surface area (Å²) in [5.74, 6) is 1.29. The second kappa shape index (κ2) is 6.75. The molecule has 4 heteroatoms. The molecule has 0 unspecified atom stereocenters. The van der Waals surface area contributed by atoms with E-state index in [-0.39, 0.29) is 5.91 Å². The monoisotopic (exact) mass is 276 g/mol. The van der Waals surface area contributed by atoms with Gasteiger partial charge in [-0.05, 0) is 50.9 Å². The Morgan fingerprint density at radius 1 is 1.40 bits per heavy atom. The fraction of sp³-hybridized carbons (Fsp3) is 0.562. The van der Waals surface area contributed by atoms with Crippen molar-refractivity contribution in [2.24, 2.45) is 5.92 Å². The molecule has 1 N–H and O–H groups in total. The summed E-state index contributed by atoms with van der Waals surface area (Å²) in [6.07, 6.45) is 2.28. The highest BCUT2D eigenvalue weighted by Gasteiger charge is 2.21. The molecule has 0 aliphatic carbocycles. The summed E-state index contributed by atoms with van der Waals surface area (Å²) in [6, 6.07) is 5.73. The van der Waals surface area contributed by atoms with E-state index in [1.54, 1.807) is 7.11 Å². The van der Waals surface area contributed by atoms with E-state index < -0.39 is 0 Å². The Morgan fingerprint density at radius 3 is 2.75 bits per heavy atom. The molecule has 1 aliphatic rings. The molecule has 2 rings (SSSR count). The number of hydrogen-bond donors (Lipinski definition) is 1. The van der Waals surface area contributed by atoms with Crippen LogP contribution in [0.5, 0.6) is 5.75 Å². The zero-order chi connectivity index (χ0) is 14.5. The van der Waals surface area contributed by atoms with Gasteiger partial charge in [-0.15, -0.1) is 0 Å². The molecule has 0 bridgehead atoms. The van der Waals surface area contributed by atoms with E-state index in [0.29, 0.717) is 17.2 Å². The number of nitrogens with zero attached hydrogens (tertiary/aromatic N) is 1. The van der Waals surface area contributed by atoms with Gasteiger partial charge in [-0.25, -0.2) is 0 Å². The lowest BCUT2D eigenvalue weighted by molar-refractivity contribution is 0.0759. The Balaban J connectivity index is 2.07. The van der Waals surface area contributed by atoms with Crippen LogP contribution in [0.25, 0.3) is 0 Å². The Labute approximate surface area is 121 Å². The SMILES string of the molecule is COc1ccc(C)cc1C(=O)N(C)CC1CCNCC1. The second-order valence-corrected chi connectivity index (χ2v) is 5.58. The number of piperidine rings is 1. The Hall–Kier alpha value is -1.55. The fourth-order valence-corrected chi connectivity index (χ4v) is 2.73. The van der Waals surface area contributed by atoms with Crippen LogP contribution in [0.4, 0.5) is 0 Å².